The lowest BCUT2D eigenvalue weighted by Gasteiger charge is -2.12. The van der Waals surface area contributed by atoms with Crippen molar-refractivity contribution >= 4 is 34.4 Å². The van der Waals surface area contributed by atoms with Crippen LogP contribution in [-0.2, 0) is 11.3 Å². The monoisotopic (exact) mass is 398 g/mol. The minimum absolute atomic E-state index is 0.0796. The molecule has 0 aliphatic heterocycles. The number of carbonyl (C=O) groups is 1. The number of unbranched alkanes of at least 4 members (excludes halogenated alkanes) is 1. The van der Waals surface area contributed by atoms with Crippen molar-refractivity contribution in [1.29, 1.82) is 0 Å². The van der Waals surface area contributed by atoms with Crippen molar-refractivity contribution in [2.75, 3.05) is 11.1 Å². The zero-order valence-electron chi connectivity index (χ0n) is 16.8. The lowest BCUT2D eigenvalue weighted by atomic mass is 10.1. The van der Waals surface area contributed by atoms with Gasteiger partial charge in [-0.05, 0) is 50.5 Å². The number of aromatic amines is 1. The van der Waals surface area contributed by atoms with Gasteiger partial charge in [0, 0.05) is 17.9 Å². The van der Waals surface area contributed by atoms with Crippen molar-refractivity contribution in [2.24, 2.45) is 0 Å². The third kappa shape index (κ3) is 4.30. The van der Waals surface area contributed by atoms with Crippen LogP contribution in [0.2, 0.25) is 0 Å². The Labute approximate surface area is 168 Å². The van der Waals surface area contributed by atoms with Crippen molar-refractivity contribution in [3.63, 3.8) is 0 Å². The molecule has 0 atom stereocenters. The van der Waals surface area contributed by atoms with E-state index in [1.54, 1.807) is 4.57 Å². The largest absolute Gasteiger partial charge is 0.353 e. The van der Waals surface area contributed by atoms with Crippen molar-refractivity contribution < 1.29 is 4.79 Å². The van der Waals surface area contributed by atoms with Crippen LogP contribution in [0.3, 0.4) is 0 Å². The van der Waals surface area contributed by atoms with E-state index < -0.39 is 0 Å². The average Bonchev–Trinajstić information content (AvgIpc) is 3.04. The first-order chi connectivity index (χ1) is 13.4. The predicted molar refractivity (Wildman–Crippen MR) is 115 cm³/mol. The predicted octanol–water partition coefficient (Wildman–Crippen LogP) is 4.18. The van der Waals surface area contributed by atoms with E-state index in [2.05, 4.69) is 22.2 Å². The first-order valence-corrected chi connectivity index (χ1v) is 10.5. The Bertz CT molecular complexity index is 1070. The summed E-state index contributed by atoms with van der Waals surface area (Å²) in [7, 11) is 0. The lowest BCUT2D eigenvalue weighted by molar-refractivity contribution is -0.113. The maximum absolute atomic E-state index is 12.9. The molecule has 1 amide bonds. The van der Waals surface area contributed by atoms with Crippen LogP contribution >= 0.6 is 11.8 Å². The SMILES string of the molecule is CCCCn1c(SCC(=O)Nc2cccc(C)c2C)nc2cc(C)[nH]c2c1=O. The summed E-state index contributed by atoms with van der Waals surface area (Å²) in [6.07, 6.45) is 1.86. The molecule has 0 fully saturated rings. The summed E-state index contributed by atoms with van der Waals surface area (Å²) in [5.74, 6) is 0.0845. The third-order valence-electron chi connectivity index (χ3n) is 4.78. The Morgan fingerprint density at radius 2 is 2.07 bits per heavy atom. The number of benzene rings is 1. The van der Waals surface area contributed by atoms with Crippen LogP contribution in [0.1, 0.15) is 36.6 Å². The van der Waals surface area contributed by atoms with Gasteiger partial charge in [0.1, 0.15) is 5.52 Å². The van der Waals surface area contributed by atoms with Gasteiger partial charge in [0.2, 0.25) is 5.91 Å². The van der Waals surface area contributed by atoms with Gasteiger partial charge in [0.15, 0.2) is 5.16 Å². The number of H-pyrrole nitrogens is 1. The van der Waals surface area contributed by atoms with Gasteiger partial charge in [0.05, 0.1) is 11.3 Å². The van der Waals surface area contributed by atoms with Gasteiger partial charge in [-0.1, -0.05) is 37.2 Å². The van der Waals surface area contributed by atoms with Crippen LogP contribution in [0.15, 0.2) is 34.2 Å². The van der Waals surface area contributed by atoms with Crippen molar-refractivity contribution in [2.45, 2.75) is 52.2 Å². The molecular formula is C21H26N4O2S. The zero-order valence-corrected chi connectivity index (χ0v) is 17.6. The first-order valence-electron chi connectivity index (χ1n) is 9.49. The highest BCUT2D eigenvalue weighted by Gasteiger charge is 2.15. The molecule has 1 aromatic carbocycles. The van der Waals surface area contributed by atoms with Gasteiger partial charge < -0.3 is 10.3 Å². The quantitative estimate of drug-likeness (QED) is 0.462. The topological polar surface area (TPSA) is 79.8 Å². The minimum atomic E-state index is -0.111. The van der Waals surface area contributed by atoms with E-state index >= 15 is 0 Å². The van der Waals surface area contributed by atoms with Gasteiger partial charge in [-0.25, -0.2) is 4.98 Å². The fourth-order valence-electron chi connectivity index (χ4n) is 3.04. The van der Waals surface area contributed by atoms with Gasteiger partial charge in [-0.2, -0.15) is 0 Å². The van der Waals surface area contributed by atoms with E-state index in [1.165, 1.54) is 11.8 Å². The number of rotatable bonds is 7. The maximum atomic E-state index is 12.9. The van der Waals surface area contributed by atoms with E-state index in [1.807, 2.05) is 45.0 Å². The number of aromatic nitrogens is 3. The number of thioether (sulfide) groups is 1. The minimum Gasteiger partial charge on any atom is -0.353 e. The van der Waals surface area contributed by atoms with E-state index in [-0.39, 0.29) is 17.2 Å². The van der Waals surface area contributed by atoms with Crippen LogP contribution in [-0.4, -0.2) is 26.2 Å². The van der Waals surface area contributed by atoms with E-state index in [0.717, 1.165) is 35.3 Å². The molecule has 6 nitrogen and oxygen atoms in total. The van der Waals surface area contributed by atoms with E-state index in [9.17, 15) is 9.59 Å². The van der Waals surface area contributed by atoms with Crippen molar-refractivity contribution in [3.8, 4) is 0 Å². The fraction of sp³-hybridized carbons (Fsp3) is 0.381. The average molecular weight is 399 g/mol. The highest BCUT2D eigenvalue weighted by Crippen LogP contribution is 2.21. The second-order valence-corrected chi connectivity index (χ2v) is 7.94. The molecule has 2 N–H and O–H groups in total. The Hall–Kier alpha value is -2.54. The van der Waals surface area contributed by atoms with Crippen LogP contribution < -0.4 is 10.9 Å². The number of nitrogens with zero attached hydrogens (tertiary/aromatic N) is 2. The summed E-state index contributed by atoms with van der Waals surface area (Å²) in [5.41, 5.74) is 5.00. The van der Waals surface area contributed by atoms with Gasteiger partial charge in [0.25, 0.3) is 5.56 Å². The first kappa shape index (κ1) is 20.2. The fourth-order valence-corrected chi connectivity index (χ4v) is 3.86. The summed E-state index contributed by atoms with van der Waals surface area (Å²) in [6.45, 7) is 8.59. The van der Waals surface area contributed by atoms with Crippen LogP contribution in [0.25, 0.3) is 11.0 Å². The van der Waals surface area contributed by atoms with Crippen LogP contribution in [0.4, 0.5) is 5.69 Å². The maximum Gasteiger partial charge on any atom is 0.278 e. The van der Waals surface area contributed by atoms with Crippen molar-refractivity contribution in [3.05, 3.63) is 51.4 Å². The smallest absolute Gasteiger partial charge is 0.278 e. The number of nitrogens with one attached hydrogen (secondary N) is 2. The van der Waals surface area contributed by atoms with Gasteiger partial charge >= 0.3 is 0 Å². The summed E-state index contributed by atoms with van der Waals surface area (Å²) >= 11 is 1.30. The van der Waals surface area contributed by atoms with Crippen LogP contribution in [0, 0.1) is 20.8 Å². The number of fused-ring (bicyclic) bond motifs is 1. The molecule has 7 heteroatoms. The number of hydrogen-bond donors (Lipinski definition) is 2. The molecule has 0 saturated heterocycles. The highest BCUT2D eigenvalue weighted by atomic mass is 32.2. The molecule has 0 spiro atoms. The summed E-state index contributed by atoms with van der Waals surface area (Å²) in [5, 5.41) is 3.54. The Balaban J connectivity index is 1.81. The number of amides is 1. The molecule has 0 aliphatic rings. The Morgan fingerprint density at radius 1 is 1.29 bits per heavy atom. The zero-order chi connectivity index (χ0) is 20.3. The number of aryl methyl sites for hydroxylation is 2. The Kier molecular flexibility index (Phi) is 6.24. The molecule has 2 heterocycles. The molecule has 3 rings (SSSR count). The molecule has 0 saturated carbocycles. The lowest BCUT2D eigenvalue weighted by Crippen LogP contribution is -2.24. The molecule has 0 unspecified atom stereocenters. The molecule has 0 radical (unpaired) electrons. The highest BCUT2D eigenvalue weighted by molar-refractivity contribution is 7.99. The van der Waals surface area contributed by atoms with Crippen molar-refractivity contribution in [1.82, 2.24) is 14.5 Å². The number of hydrogen-bond acceptors (Lipinski definition) is 4. The summed E-state index contributed by atoms with van der Waals surface area (Å²) in [4.78, 5) is 33.1. The van der Waals surface area contributed by atoms with Gasteiger partial charge in [-0.3, -0.25) is 14.2 Å². The second kappa shape index (κ2) is 8.65. The number of carbonyl (C=O) groups excluding carboxylic acids is 1. The van der Waals surface area contributed by atoms with Gasteiger partial charge in [-0.15, -0.1) is 0 Å². The second-order valence-electron chi connectivity index (χ2n) is 7.00. The van der Waals surface area contributed by atoms with E-state index in [4.69, 9.17) is 0 Å². The molecule has 28 heavy (non-hydrogen) atoms. The molecule has 0 aliphatic carbocycles. The van der Waals surface area contributed by atoms with Crippen LogP contribution in [0.5, 0.6) is 0 Å². The molecular weight excluding hydrogens is 372 g/mol. The molecule has 148 valence electrons. The Morgan fingerprint density at radius 3 is 2.82 bits per heavy atom. The van der Waals surface area contributed by atoms with E-state index in [0.29, 0.717) is 22.7 Å². The standard InChI is InChI=1S/C21H26N4O2S/c1-5-6-10-25-20(27)19-17(11-14(3)22-19)24-21(25)28-12-18(26)23-16-9-7-8-13(2)15(16)4/h7-9,11,22H,5-6,10,12H2,1-4H3,(H,23,26). The molecule has 0 bridgehead atoms. The normalized spacial score (nSPS) is 11.1. The summed E-state index contributed by atoms with van der Waals surface area (Å²) in [6, 6.07) is 7.71. The number of anilines is 1. The third-order valence-corrected chi connectivity index (χ3v) is 5.76. The molecule has 2 aromatic heterocycles. The molecule has 3 aromatic rings. The summed E-state index contributed by atoms with van der Waals surface area (Å²) < 4.78 is 1.68.